The van der Waals surface area contributed by atoms with Gasteiger partial charge >= 0.3 is 0 Å². The molecule has 0 unspecified atom stereocenters. The highest BCUT2D eigenvalue weighted by Gasteiger charge is 2.03. The lowest BCUT2D eigenvalue weighted by atomic mass is 10.1. The Hall–Kier alpha value is -2.34. The molecule has 0 atom stereocenters. The third-order valence-electron chi connectivity index (χ3n) is 3.00. The normalized spacial score (nSPS) is 10.7. The van der Waals surface area contributed by atoms with Gasteiger partial charge < -0.3 is 10.5 Å². The number of nitrogens with zero attached hydrogens (tertiary/aromatic N) is 1. The maximum absolute atomic E-state index is 11.8. The van der Waals surface area contributed by atoms with Gasteiger partial charge in [0.1, 0.15) is 5.75 Å². The largest absolute Gasteiger partial charge is 0.493 e. The summed E-state index contributed by atoms with van der Waals surface area (Å²) in [5, 5.41) is 3.96. The second kappa shape index (κ2) is 8.33. The molecule has 0 fully saturated rings. The highest BCUT2D eigenvalue weighted by Crippen LogP contribution is 2.25. The van der Waals surface area contributed by atoms with Crippen molar-refractivity contribution < 1.29 is 9.53 Å². The molecule has 0 aliphatic rings. The summed E-state index contributed by atoms with van der Waals surface area (Å²) in [5.74, 6) is 0.591. The van der Waals surface area contributed by atoms with E-state index in [9.17, 15) is 4.79 Å². The molecule has 2 aromatic carbocycles. The molecule has 0 heterocycles. The van der Waals surface area contributed by atoms with Gasteiger partial charge in [-0.25, -0.2) is 5.43 Å². The number of rotatable bonds is 6. The molecule has 23 heavy (non-hydrogen) atoms. The van der Waals surface area contributed by atoms with Crippen molar-refractivity contribution in [2.75, 3.05) is 12.3 Å². The van der Waals surface area contributed by atoms with Crippen LogP contribution in [0.4, 0.5) is 5.69 Å². The van der Waals surface area contributed by atoms with Gasteiger partial charge in [-0.05, 0) is 64.3 Å². The van der Waals surface area contributed by atoms with Gasteiger partial charge in [-0.1, -0.05) is 12.1 Å². The number of benzene rings is 2. The number of nitrogen functional groups attached to an aromatic ring is 1. The molecule has 6 heteroatoms. The van der Waals surface area contributed by atoms with Gasteiger partial charge in [-0.3, -0.25) is 4.79 Å². The van der Waals surface area contributed by atoms with Crippen LogP contribution in [0.25, 0.3) is 0 Å². The first-order valence-electron chi connectivity index (χ1n) is 7.17. The molecule has 0 radical (unpaired) electrons. The Morgan fingerprint density at radius 3 is 2.70 bits per heavy atom. The molecule has 120 valence electrons. The van der Waals surface area contributed by atoms with Crippen molar-refractivity contribution in [3.8, 4) is 5.75 Å². The molecule has 2 rings (SSSR count). The summed E-state index contributed by atoms with van der Waals surface area (Å²) in [6, 6.07) is 12.8. The number of amides is 1. The van der Waals surface area contributed by atoms with E-state index in [1.165, 1.54) is 0 Å². The van der Waals surface area contributed by atoms with Gasteiger partial charge in [0.15, 0.2) is 0 Å². The van der Waals surface area contributed by atoms with Crippen LogP contribution < -0.4 is 15.9 Å². The number of nitrogens with two attached hydrogens (primary N) is 1. The van der Waals surface area contributed by atoms with Crippen LogP contribution in [0.15, 0.2) is 52.0 Å². The van der Waals surface area contributed by atoms with Crippen LogP contribution in [0, 0.1) is 0 Å². The van der Waals surface area contributed by atoms with E-state index in [1.54, 1.807) is 18.3 Å². The molecule has 0 aliphatic carbocycles. The van der Waals surface area contributed by atoms with E-state index in [2.05, 4.69) is 26.5 Å². The number of hydrazone groups is 1. The number of nitrogens with one attached hydrogen (secondary N) is 1. The Balaban J connectivity index is 1.89. The van der Waals surface area contributed by atoms with Crippen molar-refractivity contribution in [1.29, 1.82) is 0 Å². The van der Waals surface area contributed by atoms with E-state index in [-0.39, 0.29) is 12.3 Å². The minimum Gasteiger partial charge on any atom is -0.493 e. The first-order valence-corrected chi connectivity index (χ1v) is 7.96. The predicted molar refractivity (Wildman–Crippen MR) is 95.6 cm³/mol. The number of hydrogen-bond acceptors (Lipinski definition) is 4. The van der Waals surface area contributed by atoms with E-state index in [1.807, 2.05) is 37.3 Å². The molecule has 0 saturated carbocycles. The van der Waals surface area contributed by atoms with Crippen LogP contribution in [0.3, 0.4) is 0 Å². The molecule has 0 spiro atoms. The summed E-state index contributed by atoms with van der Waals surface area (Å²) in [6.45, 7) is 2.53. The minimum absolute atomic E-state index is 0.184. The average Bonchev–Trinajstić information content (AvgIpc) is 2.52. The Labute approximate surface area is 143 Å². The van der Waals surface area contributed by atoms with Crippen LogP contribution >= 0.6 is 15.9 Å². The second-order valence-corrected chi connectivity index (χ2v) is 5.69. The predicted octanol–water partition coefficient (Wildman–Crippen LogP) is 3.12. The van der Waals surface area contributed by atoms with Gasteiger partial charge in [0.2, 0.25) is 5.91 Å². The molecule has 0 aromatic heterocycles. The fraction of sp³-hybridized carbons (Fsp3) is 0.176. The van der Waals surface area contributed by atoms with E-state index in [0.717, 1.165) is 21.3 Å². The zero-order valence-corrected chi connectivity index (χ0v) is 14.3. The smallest absolute Gasteiger partial charge is 0.244 e. The molecular weight excluding hydrogens is 358 g/mol. The molecule has 5 nitrogen and oxygen atoms in total. The summed E-state index contributed by atoms with van der Waals surface area (Å²) in [5.41, 5.74) is 10.5. The van der Waals surface area contributed by atoms with Crippen LogP contribution in [-0.2, 0) is 11.2 Å². The highest BCUT2D eigenvalue weighted by molar-refractivity contribution is 9.10. The lowest BCUT2D eigenvalue weighted by Crippen LogP contribution is -2.19. The second-order valence-electron chi connectivity index (χ2n) is 4.83. The lowest BCUT2D eigenvalue weighted by molar-refractivity contribution is -0.120. The van der Waals surface area contributed by atoms with Crippen LogP contribution in [-0.4, -0.2) is 18.7 Å². The molecule has 0 bridgehead atoms. The van der Waals surface area contributed by atoms with E-state index in [4.69, 9.17) is 10.5 Å². The summed E-state index contributed by atoms with van der Waals surface area (Å²) in [6.07, 6.45) is 1.84. The third kappa shape index (κ3) is 5.41. The van der Waals surface area contributed by atoms with Crippen LogP contribution in [0.2, 0.25) is 0 Å². The lowest BCUT2D eigenvalue weighted by Gasteiger charge is -2.05. The fourth-order valence-corrected chi connectivity index (χ4v) is 2.42. The van der Waals surface area contributed by atoms with Gasteiger partial charge in [0.25, 0.3) is 0 Å². The third-order valence-corrected chi connectivity index (χ3v) is 3.62. The Bertz CT molecular complexity index is 699. The molecule has 1 amide bonds. The molecular formula is C17H18BrN3O2. The topological polar surface area (TPSA) is 76.7 Å². The van der Waals surface area contributed by atoms with Gasteiger partial charge in [-0.15, -0.1) is 0 Å². The van der Waals surface area contributed by atoms with Crippen LogP contribution in [0.5, 0.6) is 5.75 Å². The first-order chi connectivity index (χ1) is 11.1. The minimum atomic E-state index is -0.184. The van der Waals surface area contributed by atoms with Gasteiger partial charge in [0, 0.05) is 5.69 Å². The summed E-state index contributed by atoms with van der Waals surface area (Å²) < 4.78 is 6.28. The van der Waals surface area contributed by atoms with E-state index < -0.39 is 0 Å². The van der Waals surface area contributed by atoms with Crippen molar-refractivity contribution in [3.05, 3.63) is 58.1 Å². The first kappa shape index (κ1) is 17.0. The highest BCUT2D eigenvalue weighted by atomic mass is 79.9. The number of anilines is 1. The average molecular weight is 376 g/mol. The quantitative estimate of drug-likeness (QED) is 0.462. The number of carbonyl (C=O) groups excluding carboxylic acids is 1. The SMILES string of the molecule is CCOc1ccc(/C=N\NC(=O)Cc2ccc(N)cc2)cc1Br. The van der Waals surface area contributed by atoms with Crippen molar-refractivity contribution >= 4 is 33.7 Å². The molecule has 2 aromatic rings. The zero-order chi connectivity index (χ0) is 16.7. The number of halogens is 1. The maximum atomic E-state index is 11.8. The number of hydrogen-bond donors (Lipinski definition) is 2. The van der Waals surface area contributed by atoms with Gasteiger partial charge in [-0.2, -0.15) is 5.10 Å². The molecule has 3 N–H and O–H groups in total. The fourth-order valence-electron chi connectivity index (χ4n) is 1.91. The summed E-state index contributed by atoms with van der Waals surface area (Å²) in [7, 11) is 0. The maximum Gasteiger partial charge on any atom is 0.244 e. The van der Waals surface area contributed by atoms with Crippen molar-refractivity contribution in [2.45, 2.75) is 13.3 Å². The Morgan fingerprint density at radius 1 is 1.30 bits per heavy atom. The Morgan fingerprint density at radius 2 is 2.04 bits per heavy atom. The monoisotopic (exact) mass is 375 g/mol. The van der Waals surface area contributed by atoms with Crippen LogP contribution in [0.1, 0.15) is 18.1 Å². The van der Waals surface area contributed by atoms with E-state index in [0.29, 0.717) is 12.3 Å². The standard InChI is InChI=1S/C17H18BrN3O2/c1-2-23-16-8-5-13(9-15(16)18)11-20-21-17(22)10-12-3-6-14(19)7-4-12/h3-9,11H,2,10,19H2,1H3,(H,21,22)/b20-11-. The molecule has 0 saturated heterocycles. The number of ether oxygens (including phenoxy) is 1. The zero-order valence-electron chi connectivity index (χ0n) is 12.8. The van der Waals surface area contributed by atoms with Crippen molar-refractivity contribution in [3.63, 3.8) is 0 Å². The van der Waals surface area contributed by atoms with Crippen molar-refractivity contribution in [1.82, 2.24) is 5.43 Å². The molecule has 0 aliphatic heterocycles. The summed E-state index contributed by atoms with van der Waals surface area (Å²) in [4.78, 5) is 11.8. The summed E-state index contributed by atoms with van der Waals surface area (Å²) >= 11 is 3.43. The van der Waals surface area contributed by atoms with E-state index >= 15 is 0 Å². The van der Waals surface area contributed by atoms with Crippen molar-refractivity contribution in [2.24, 2.45) is 5.10 Å². The van der Waals surface area contributed by atoms with Gasteiger partial charge in [0.05, 0.1) is 23.7 Å². The Kier molecular flexibility index (Phi) is 6.17. The number of carbonyl (C=O) groups is 1.